The Bertz CT molecular complexity index is 1250. The van der Waals surface area contributed by atoms with Gasteiger partial charge in [0.05, 0.1) is 25.3 Å². The van der Waals surface area contributed by atoms with E-state index in [1.807, 2.05) is 6.07 Å². The first-order chi connectivity index (χ1) is 19.3. The number of ketones is 1. The van der Waals surface area contributed by atoms with Gasteiger partial charge >= 0.3 is 0 Å². The molecular formula is C31H40N2O7. The lowest BCUT2D eigenvalue weighted by Gasteiger charge is -2.28. The lowest BCUT2D eigenvalue weighted by molar-refractivity contribution is -0.140. The molecule has 2 aliphatic rings. The Morgan fingerprint density at radius 1 is 1.05 bits per heavy atom. The van der Waals surface area contributed by atoms with Crippen molar-refractivity contribution in [2.24, 2.45) is 5.92 Å². The van der Waals surface area contributed by atoms with E-state index in [9.17, 15) is 14.7 Å². The number of likely N-dealkylation sites (N-methyl/N-ethyl adjacent to an activating group) is 1. The number of Topliss-reactive ketones (excluding diaryl/α,β-unsaturated/α-hetero) is 1. The minimum absolute atomic E-state index is 0.0248. The molecule has 1 atom stereocenters. The molecule has 9 nitrogen and oxygen atoms in total. The van der Waals surface area contributed by atoms with Crippen molar-refractivity contribution in [3.8, 4) is 23.0 Å². The first-order valence-electron chi connectivity index (χ1n) is 14.0. The molecule has 2 aromatic rings. The minimum atomic E-state index is -0.803. The maximum Gasteiger partial charge on any atom is 0.295 e. The summed E-state index contributed by atoms with van der Waals surface area (Å²) in [5, 5.41) is 11.5. The zero-order valence-corrected chi connectivity index (χ0v) is 24.1. The molecule has 40 heavy (non-hydrogen) atoms. The molecule has 0 bridgehead atoms. The Hall–Kier alpha value is -3.72. The Morgan fingerprint density at radius 2 is 1.77 bits per heavy atom. The first kappa shape index (κ1) is 29.3. The highest BCUT2D eigenvalue weighted by Crippen LogP contribution is 2.43. The summed E-state index contributed by atoms with van der Waals surface area (Å²) in [5.74, 6) is 0.983. The lowest BCUT2D eigenvalue weighted by atomic mass is 9.94. The maximum atomic E-state index is 13.5. The van der Waals surface area contributed by atoms with Crippen LogP contribution in [0.15, 0.2) is 42.0 Å². The molecule has 1 saturated heterocycles. The van der Waals surface area contributed by atoms with Crippen LogP contribution < -0.4 is 18.9 Å². The predicted molar refractivity (Wildman–Crippen MR) is 152 cm³/mol. The summed E-state index contributed by atoms with van der Waals surface area (Å²) in [6.45, 7) is 12.3. The maximum absolute atomic E-state index is 13.5. The van der Waals surface area contributed by atoms with Crippen LogP contribution in [0.5, 0.6) is 23.0 Å². The zero-order valence-electron chi connectivity index (χ0n) is 24.1. The highest BCUT2D eigenvalue weighted by atomic mass is 16.6. The van der Waals surface area contributed by atoms with Crippen LogP contribution in [0.2, 0.25) is 0 Å². The molecule has 4 rings (SSSR count). The molecule has 0 saturated carbocycles. The van der Waals surface area contributed by atoms with E-state index in [1.54, 1.807) is 37.4 Å². The van der Waals surface area contributed by atoms with Gasteiger partial charge in [-0.15, -0.1) is 0 Å². The van der Waals surface area contributed by atoms with Gasteiger partial charge in [-0.2, -0.15) is 0 Å². The van der Waals surface area contributed by atoms with Crippen LogP contribution in [-0.2, 0) is 9.59 Å². The third-order valence-corrected chi connectivity index (χ3v) is 7.36. The molecule has 2 aromatic carbocycles. The Kier molecular flexibility index (Phi) is 9.58. The molecule has 0 unspecified atom stereocenters. The molecule has 1 fully saturated rings. The summed E-state index contributed by atoms with van der Waals surface area (Å²) < 4.78 is 22.9. The van der Waals surface area contributed by atoms with Gasteiger partial charge in [-0.05, 0) is 61.3 Å². The smallest absolute Gasteiger partial charge is 0.295 e. The number of methoxy groups -OCH3 is 1. The van der Waals surface area contributed by atoms with Crippen molar-refractivity contribution in [2.45, 2.75) is 40.2 Å². The van der Waals surface area contributed by atoms with E-state index in [1.165, 1.54) is 4.90 Å². The first-order valence-corrected chi connectivity index (χ1v) is 14.0. The van der Waals surface area contributed by atoms with E-state index in [2.05, 4.69) is 32.6 Å². The number of carbonyl (C=O) groups is 2. The number of nitrogens with zero attached hydrogens (tertiary/aromatic N) is 2. The number of rotatable bonds is 12. The summed E-state index contributed by atoms with van der Waals surface area (Å²) in [7, 11) is 1.56. The fourth-order valence-electron chi connectivity index (χ4n) is 4.97. The Balaban J connectivity index is 1.77. The largest absolute Gasteiger partial charge is 0.507 e. The van der Waals surface area contributed by atoms with E-state index in [-0.39, 0.29) is 11.3 Å². The fraction of sp³-hybridized carbons (Fsp3) is 0.484. The number of ether oxygens (including phenoxy) is 4. The van der Waals surface area contributed by atoms with Crippen LogP contribution in [0.4, 0.5) is 0 Å². The monoisotopic (exact) mass is 552 g/mol. The highest BCUT2D eigenvalue weighted by molar-refractivity contribution is 6.46. The second-order valence-corrected chi connectivity index (χ2v) is 10.3. The van der Waals surface area contributed by atoms with Gasteiger partial charge in [0.2, 0.25) is 0 Å². The Morgan fingerprint density at radius 3 is 2.45 bits per heavy atom. The van der Waals surface area contributed by atoms with Crippen molar-refractivity contribution in [2.75, 3.05) is 53.1 Å². The Labute approximate surface area is 236 Å². The zero-order chi connectivity index (χ0) is 28.8. The fourth-order valence-corrected chi connectivity index (χ4v) is 4.97. The normalized spacial score (nSPS) is 18.1. The summed E-state index contributed by atoms with van der Waals surface area (Å²) >= 11 is 0. The topological polar surface area (TPSA) is 97.8 Å². The second-order valence-electron chi connectivity index (χ2n) is 10.3. The van der Waals surface area contributed by atoms with Gasteiger partial charge in [0, 0.05) is 18.7 Å². The van der Waals surface area contributed by atoms with E-state index in [4.69, 9.17) is 18.9 Å². The number of aliphatic hydroxyl groups is 1. The van der Waals surface area contributed by atoms with Gasteiger partial charge < -0.3 is 33.9 Å². The molecular weight excluding hydrogens is 512 g/mol. The molecule has 2 heterocycles. The second kappa shape index (κ2) is 13.1. The molecule has 0 radical (unpaired) electrons. The van der Waals surface area contributed by atoms with Gasteiger partial charge in [0.1, 0.15) is 19.0 Å². The highest BCUT2D eigenvalue weighted by Gasteiger charge is 2.46. The number of hydrogen-bond donors (Lipinski definition) is 1. The average Bonchev–Trinajstić information content (AvgIpc) is 3.22. The molecule has 9 heteroatoms. The number of aliphatic hydroxyl groups excluding tert-OH is 1. The number of benzene rings is 2. The van der Waals surface area contributed by atoms with E-state index in [0.29, 0.717) is 73.0 Å². The number of amides is 1. The van der Waals surface area contributed by atoms with Crippen LogP contribution in [0, 0.1) is 5.92 Å². The molecule has 216 valence electrons. The molecule has 2 aliphatic heterocycles. The van der Waals surface area contributed by atoms with E-state index in [0.717, 1.165) is 19.5 Å². The lowest BCUT2D eigenvalue weighted by Crippen LogP contribution is -2.38. The number of fused-ring (bicyclic) bond motifs is 1. The summed E-state index contributed by atoms with van der Waals surface area (Å²) in [4.78, 5) is 30.6. The van der Waals surface area contributed by atoms with Crippen LogP contribution in [0.3, 0.4) is 0 Å². The summed E-state index contributed by atoms with van der Waals surface area (Å²) in [5.41, 5.74) is 1.04. The standard InChI is InChI=1S/C31H40N2O7/c1-6-32(7-2)13-14-33-28(21-8-10-23(25(18-21)37-5)38-15-12-20(3)4)27(30(35)31(33)36)29(34)22-9-11-24-26(19-22)40-17-16-39-24/h8-11,18-20,28,34H,6-7,12-17H2,1-5H3/t28-/m0/s1. The van der Waals surface area contributed by atoms with Crippen molar-refractivity contribution in [3.05, 3.63) is 53.1 Å². The number of carbonyl (C=O) groups excluding carboxylic acids is 2. The third-order valence-electron chi connectivity index (χ3n) is 7.36. The van der Waals surface area contributed by atoms with Crippen LogP contribution in [-0.4, -0.2) is 79.7 Å². The van der Waals surface area contributed by atoms with Gasteiger partial charge in [-0.3, -0.25) is 9.59 Å². The summed E-state index contributed by atoms with van der Waals surface area (Å²) in [6.07, 6.45) is 0.895. The summed E-state index contributed by atoms with van der Waals surface area (Å²) in [6, 6.07) is 9.59. The van der Waals surface area contributed by atoms with Crippen molar-refractivity contribution < 1.29 is 33.6 Å². The van der Waals surface area contributed by atoms with E-state index < -0.39 is 17.7 Å². The van der Waals surface area contributed by atoms with Crippen molar-refractivity contribution in [3.63, 3.8) is 0 Å². The van der Waals surface area contributed by atoms with Gasteiger partial charge in [0.15, 0.2) is 23.0 Å². The third kappa shape index (κ3) is 6.20. The van der Waals surface area contributed by atoms with Crippen molar-refractivity contribution in [1.29, 1.82) is 0 Å². The van der Waals surface area contributed by atoms with Gasteiger partial charge in [-0.25, -0.2) is 0 Å². The van der Waals surface area contributed by atoms with Gasteiger partial charge in [-0.1, -0.05) is 33.8 Å². The molecule has 0 aromatic heterocycles. The van der Waals surface area contributed by atoms with Gasteiger partial charge in [0.25, 0.3) is 11.7 Å². The van der Waals surface area contributed by atoms with Crippen LogP contribution in [0.25, 0.3) is 5.76 Å². The molecule has 0 spiro atoms. The van der Waals surface area contributed by atoms with Crippen LogP contribution in [0.1, 0.15) is 51.3 Å². The minimum Gasteiger partial charge on any atom is -0.507 e. The molecule has 1 N–H and O–H groups in total. The quantitative estimate of drug-likeness (QED) is 0.231. The molecule has 1 amide bonds. The average molecular weight is 553 g/mol. The predicted octanol–water partition coefficient (Wildman–Crippen LogP) is 4.65. The number of hydrogen-bond acceptors (Lipinski definition) is 8. The SMILES string of the molecule is CCN(CC)CCN1C(=O)C(=O)C(=C(O)c2ccc3c(c2)OCCO3)[C@@H]1c1ccc(OCCC(C)C)c(OC)c1. The molecule has 0 aliphatic carbocycles. The van der Waals surface area contributed by atoms with E-state index >= 15 is 0 Å². The number of likely N-dealkylation sites (tertiary alicyclic amines) is 1. The van der Waals surface area contributed by atoms with Crippen molar-refractivity contribution >= 4 is 17.4 Å². The van der Waals surface area contributed by atoms with Crippen LogP contribution >= 0.6 is 0 Å². The van der Waals surface area contributed by atoms with Crippen molar-refractivity contribution in [1.82, 2.24) is 9.80 Å².